The third-order valence-corrected chi connectivity index (χ3v) is 4.23. The van der Waals surface area contributed by atoms with E-state index >= 15 is 0 Å². The number of hydrogen-bond acceptors (Lipinski definition) is 7. The first-order chi connectivity index (χ1) is 8.76. The summed E-state index contributed by atoms with van der Waals surface area (Å²) in [5.74, 6) is -0.199. The van der Waals surface area contributed by atoms with Crippen molar-refractivity contribution in [3.8, 4) is 0 Å². The number of sulfone groups is 1. The first-order valence-electron chi connectivity index (χ1n) is 5.39. The van der Waals surface area contributed by atoms with E-state index in [0.29, 0.717) is 0 Å². The van der Waals surface area contributed by atoms with E-state index in [-0.39, 0.29) is 40.5 Å². The van der Waals surface area contributed by atoms with Crippen molar-refractivity contribution in [2.75, 3.05) is 23.4 Å². The van der Waals surface area contributed by atoms with Gasteiger partial charge in [-0.25, -0.2) is 13.4 Å². The van der Waals surface area contributed by atoms with Crippen molar-refractivity contribution >= 4 is 32.9 Å². The predicted molar refractivity (Wildman–Crippen MR) is 71.3 cm³/mol. The van der Waals surface area contributed by atoms with Crippen LogP contribution in [0, 0.1) is 17.0 Å². The van der Waals surface area contributed by atoms with E-state index in [1.54, 1.807) is 0 Å². The van der Waals surface area contributed by atoms with E-state index in [1.165, 1.54) is 13.8 Å². The van der Waals surface area contributed by atoms with E-state index in [9.17, 15) is 18.5 Å². The molecule has 0 atom stereocenters. The average molecular weight is 309 g/mol. The Morgan fingerprint density at radius 3 is 2.58 bits per heavy atom. The Hall–Kier alpha value is -1.48. The van der Waals surface area contributed by atoms with E-state index in [1.807, 2.05) is 0 Å². The summed E-state index contributed by atoms with van der Waals surface area (Å²) in [5.41, 5.74) is -0.191. The molecule has 0 unspecified atom stereocenters. The standard InChI is InChI=1S/C9H13ClN4O4S/c1-3-19(17,18)5-4-11-8-7(14(15)16)6(2)12-9(10)13-8/h3-5H2,1-2H3,(H,11,12,13). The highest BCUT2D eigenvalue weighted by Crippen LogP contribution is 2.26. The van der Waals surface area contributed by atoms with Crippen LogP contribution in [0.5, 0.6) is 0 Å². The van der Waals surface area contributed by atoms with Gasteiger partial charge in [-0.2, -0.15) is 4.98 Å². The Balaban J connectivity index is 2.92. The molecular formula is C9H13ClN4O4S. The zero-order valence-corrected chi connectivity index (χ0v) is 12.0. The van der Waals surface area contributed by atoms with Gasteiger partial charge in [0.1, 0.15) is 5.69 Å². The second-order valence-electron chi connectivity index (χ2n) is 3.70. The van der Waals surface area contributed by atoms with Crippen molar-refractivity contribution in [3.05, 3.63) is 21.1 Å². The number of anilines is 1. The van der Waals surface area contributed by atoms with Gasteiger partial charge in [0.2, 0.25) is 11.1 Å². The number of nitro groups is 1. The zero-order chi connectivity index (χ0) is 14.6. The molecule has 1 rings (SSSR count). The van der Waals surface area contributed by atoms with Crippen LogP contribution in [0.1, 0.15) is 12.6 Å². The SMILES string of the molecule is CCS(=O)(=O)CCNc1nc(Cl)nc(C)c1[N+](=O)[O-]. The molecule has 0 amide bonds. The zero-order valence-electron chi connectivity index (χ0n) is 10.4. The Kier molecular flexibility index (Phi) is 5.01. The van der Waals surface area contributed by atoms with Gasteiger partial charge in [-0.05, 0) is 18.5 Å². The molecule has 106 valence electrons. The van der Waals surface area contributed by atoms with E-state index in [0.717, 1.165) is 0 Å². The van der Waals surface area contributed by atoms with Crippen molar-refractivity contribution in [1.82, 2.24) is 9.97 Å². The van der Waals surface area contributed by atoms with Crippen LogP contribution in [-0.4, -0.2) is 41.4 Å². The number of aromatic nitrogens is 2. The van der Waals surface area contributed by atoms with Crippen LogP contribution >= 0.6 is 11.6 Å². The van der Waals surface area contributed by atoms with Gasteiger partial charge in [0.05, 0.1) is 10.7 Å². The molecule has 0 saturated heterocycles. The van der Waals surface area contributed by atoms with Crippen LogP contribution in [0.25, 0.3) is 0 Å². The number of hydrogen-bond donors (Lipinski definition) is 1. The highest BCUT2D eigenvalue weighted by Gasteiger charge is 2.21. The lowest BCUT2D eigenvalue weighted by molar-refractivity contribution is -0.385. The van der Waals surface area contributed by atoms with E-state index in [2.05, 4.69) is 15.3 Å². The molecule has 0 aliphatic carbocycles. The molecule has 1 N–H and O–H groups in total. The average Bonchev–Trinajstić information content (AvgIpc) is 2.27. The van der Waals surface area contributed by atoms with Crippen molar-refractivity contribution in [3.63, 3.8) is 0 Å². The van der Waals surface area contributed by atoms with E-state index in [4.69, 9.17) is 11.6 Å². The molecule has 0 aliphatic heterocycles. The van der Waals surface area contributed by atoms with Crippen molar-refractivity contribution < 1.29 is 13.3 Å². The van der Waals surface area contributed by atoms with Gasteiger partial charge < -0.3 is 5.32 Å². The van der Waals surface area contributed by atoms with Crippen LogP contribution in [-0.2, 0) is 9.84 Å². The molecule has 1 heterocycles. The fourth-order valence-electron chi connectivity index (χ4n) is 1.34. The Labute approximate surface area is 115 Å². The van der Waals surface area contributed by atoms with Crippen molar-refractivity contribution in [2.24, 2.45) is 0 Å². The van der Waals surface area contributed by atoms with Gasteiger partial charge >= 0.3 is 5.69 Å². The van der Waals surface area contributed by atoms with Gasteiger partial charge in [0.15, 0.2) is 9.84 Å². The smallest absolute Gasteiger partial charge is 0.332 e. The minimum Gasteiger partial charge on any atom is -0.363 e. The van der Waals surface area contributed by atoms with Gasteiger partial charge in [0, 0.05) is 12.3 Å². The molecule has 19 heavy (non-hydrogen) atoms. The maximum Gasteiger partial charge on any atom is 0.332 e. The lowest BCUT2D eigenvalue weighted by atomic mass is 10.3. The summed E-state index contributed by atoms with van der Waals surface area (Å²) in [6.45, 7) is 2.98. The van der Waals surface area contributed by atoms with Crippen LogP contribution in [0.3, 0.4) is 0 Å². The highest BCUT2D eigenvalue weighted by atomic mass is 35.5. The summed E-state index contributed by atoms with van der Waals surface area (Å²) >= 11 is 5.62. The molecule has 0 bridgehead atoms. The van der Waals surface area contributed by atoms with Crippen LogP contribution < -0.4 is 5.32 Å². The van der Waals surface area contributed by atoms with E-state index < -0.39 is 14.8 Å². The first-order valence-corrected chi connectivity index (χ1v) is 7.59. The summed E-state index contributed by atoms with van der Waals surface area (Å²) in [6, 6.07) is 0. The largest absolute Gasteiger partial charge is 0.363 e. The number of nitrogens with zero attached hydrogens (tertiary/aromatic N) is 3. The highest BCUT2D eigenvalue weighted by molar-refractivity contribution is 7.91. The quantitative estimate of drug-likeness (QED) is 0.477. The molecule has 8 nitrogen and oxygen atoms in total. The van der Waals surface area contributed by atoms with Crippen LogP contribution in [0.15, 0.2) is 0 Å². The lowest BCUT2D eigenvalue weighted by Gasteiger charge is -2.07. The van der Waals surface area contributed by atoms with Gasteiger partial charge in [0.25, 0.3) is 0 Å². The Morgan fingerprint density at radius 2 is 2.05 bits per heavy atom. The predicted octanol–water partition coefficient (Wildman–Crippen LogP) is 1.19. The molecule has 0 spiro atoms. The summed E-state index contributed by atoms with van der Waals surface area (Å²) in [6.07, 6.45) is 0. The minimum atomic E-state index is -3.15. The summed E-state index contributed by atoms with van der Waals surface area (Å²) in [7, 11) is -3.15. The second-order valence-corrected chi connectivity index (χ2v) is 6.51. The number of halogens is 1. The third-order valence-electron chi connectivity index (χ3n) is 2.36. The van der Waals surface area contributed by atoms with Gasteiger partial charge in [-0.3, -0.25) is 10.1 Å². The molecule has 0 aromatic carbocycles. The maximum absolute atomic E-state index is 11.3. The normalized spacial score (nSPS) is 11.3. The fourth-order valence-corrected chi connectivity index (χ4v) is 2.26. The Morgan fingerprint density at radius 1 is 1.42 bits per heavy atom. The maximum atomic E-state index is 11.3. The van der Waals surface area contributed by atoms with Crippen LogP contribution in [0.2, 0.25) is 5.28 Å². The summed E-state index contributed by atoms with van der Waals surface area (Å²) in [5, 5.41) is 13.4. The van der Waals surface area contributed by atoms with Crippen molar-refractivity contribution in [1.29, 1.82) is 0 Å². The summed E-state index contributed by atoms with van der Waals surface area (Å²) < 4.78 is 22.6. The fraction of sp³-hybridized carbons (Fsp3) is 0.556. The number of rotatable bonds is 6. The molecule has 10 heteroatoms. The summed E-state index contributed by atoms with van der Waals surface area (Å²) in [4.78, 5) is 17.6. The third kappa shape index (κ3) is 4.28. The molecule has 0 radical (unpaired) electrons. The molecule has 1 aromatic rings. The molecule has 0 saturated carbocycles. The topological polar surface area (TPSA) is 115 Å². The number of aryl methyl sites for hydroxylation is 1. The first kappa shape index (κ1) is 15.6. The Bertz CT molecular complexity index is 590. The van der Waals surface area contributed by atoms with Gasteiger partial charge in [-0.1, -0.05) is 6.92 Å². The molecular weight excluding hydrogens is 296 g/mol. The number of nitrogens with one attached hydrogen (secondary N) is 1. The van der Waals surface area contributed by atoms with Gasteiger partial charge in [-0.15, -0.1) is 0 Å². The van der Waals surface area contributed by atoms with Crippen molar-refractivity contribution in [2.45, 2.75) is 13.8 Å². The molecule has 0 aliphatic rings. The minimum absolute atomic E-state index is 0.0142. The van der Waals surface area contributed by atoms with Crippen LogP contribution in [0.4, 0.5) is 11.5 Å². The molecule has 1 aromatic heterocycles. The monoisotopic (exact) mass is 308 g/mol. The molecule has 0 fully saturated rings. The second kappa shape index (κ2) is 6.11. The lowest BCUT2D eigenvalue weighted by Crippen LogP contribution is -2.18.